The number of hydrogen-bond acceptors (Lipinski definition) is 2. The second-order valence-corrected chi connectivity index (χ2v) is 3.77. The number of rotatable bonds is 1. The minimum atomic E-state index is 0.715. The fourth-order valence-electron chi connectivity index (χ4n) is 1.72. The molecule has 0 aromatic carbocycles. The third kappa shape index (κ3) is 4.09. The standard InChI is InChI=1S/C9H19N3.C2H6/c1-8(10)12-6-4-9(5-7-12)11(2)3;1-2/h9-10H,4-7H2,1-3H3;1-2H3. The van der Waals surface area contributed by atoms with Crippen molar-refractivity contribution in [2.45, 2.75) is 39.7 Å². The first-order valence-electron chi connectivity index (χ1n) is 5.58. The van der Waals surface area contributed by atoms with Gasteiger partial charge in [-0.3, -0.25) is 5.41 Å². The third-order valence-electron chi connectivity index (χ3n) is 2.67. The van der Waals surface area contributed by atoms with Crippen molar-refractivity contribution in [3.05, 3.63) is 0 Å². The van der Waals surface area contributed by atoms with E-state index >= 15 is 0 Å². The minimum Gasteiger partial charge on any atom is -0.361 e. The zero-order valence-electron chi connectivity index (χ0n) is 10.3. The van der Waals surface area contributed by atoms with Crippen LogP contribution >= 0.6 is 0 Å². The first kappa shape index (κ1) is 13.4. The molecule has 1 N–H and O–H groups in total. The van der Waals surface area contributed by atoms with Gasteiger partial charge in [-0.05, 0) is 33.9 Å². The molecule has 0 amide bonds. The molecule has 1 heterocycles. The largest absolute Gasteiger partial charge is 0.361 e. The first-order chi connectivity index (χ1) is 6.61. The predicted octanol–water partition coefficient (Wildman–Crippen LogP) is 2.04. The molecule has 3 heteroatoms. The van der Waals surface area contributed by atoms with E-state index in [9.17, 15) is 0 Å². The molecular formula is C11H25N3. The van der Waals surface area contributed by atoms with Gasteiger partial charge in [0.05, 0.1) is 5.84 Å². The van der Waals surface area contributed by atoms with Crippen molar-refractivity contribution in [2.75, 3.05) is 27.2 Å². The van der Waals surface area contributed by atoms with Crippen molar-refractivity contribution in [2.24, 2.45) is 0 Å². The number of likely N-dealkylation sites (tertiary alicyclic amines) is 1. The van der Waals surface area contributed by atoms with E-state index in [0.717, 1.165) is 19.1 Å². The molecule has 0 saturated carbocycles. The number of nitrogens with one attached hydrogen (secondary N) is 1. The molecule has 0 aromatic heterocycles. The molecule has 1 saturated heterocycles. The van der Waals surface area contributed by atoms with Crippen LogP contribution in [0.15, 0.2) is 0 Å². The van der Waals surface area contributed by atoms with E-state index in [-0.39, 0.29) is 0 Å². The Balaban J connectivity index is 0.000000791. The maximum absolute atomic E-state index is 7.47. The Kier molecular flexibility index (Phi) is 6.54. The average molecular weight is 199 g/mol. The van der Waals surface area contributed by atoms with Crippen LogP contribution in [0.3, 0.4) is 0 Å². The second kappa shape index (κ2) is 6.82. The highest BCUT2D eigenvalue weighted by Crippen LogP contribution is 2.13. The molecule has 0 atom stereocenters. The van der Waals surface area contributed by atoms with E-state index in [1.165, 1.54) is 12.8 Å². The molecule has 0 spiro atoms. The number of piperidine rings is 1. The highest BCUT2D eigenvalue weighted by atomic mass is 15.2. The Morgan fingerprint density at radius 1 is 1.21 bits per heavy atom. The van der Waals surface area contributed by atoms with Crippen LogP contribution in [0.25, 0.3) is 0 Å². The normalized spacial score (nSPS) is 17.7. The Morgan fingerprint density at radius 3 is 1.93 bits per heavy atom. The molecule has 1 rings (SSSR count). The highest BCUT2D eigenvalue weighted by Gasteiger charge is 2.20. The monoisotopic (exact) mass is 199 g/mol. The summed E-state index contributed by atoms with van der Waals surface area (Å²) in [5.74, 6) is 0.715. The zero-order valence-corrected chi connectivity index (χ0v) is 10.3. The average Bonchev–Trinajstić information content (AvgIpc) is 2.21. The van der Waals surface area contributed by atoms with E-state index in [1.54, 1.807) is 0 Å². The Labute approximate surface area is 88.6 Å². The Morgan fingerprint density at radius 2 is 1.64 bits per heavy atom. The van der Waals surface area contributed by atoms with Crippen LogP contribution in [-0.4, -0.2) is 48.9 Å². The van der Waals surface area contributed by atoms with E-state index in [4.69, 9.17) is 5.41 Å². The minimum absolute atomic E-state index is 0.715. The van der Waals surface area contributed by atoms with Crippen molar-refractivity contribution in [3.8, 4) is 0 Å². The van der Waals surface area contributed by atoms with E-state index in [2.05, 4.69) is 23.9 Å². The molecule has 1 fully saturated rings. The van der Waals surface area contributed by atoms with Crippen LogP contribution < -0.4 is 0 Å². The van der Waals surface area contributed by atoms with Gasteiger partial charge in [-0.25, -0.2) is 0 Å². The van der Waals surface area contributed by atoms with Crippen molar-refractivity contribution >= 4 is 5.84 Å². The Bertz CT molecular complexity index is 158. The van der Waals surface area contributed by atoms with Gasteiger partial charge in [0.15, 0.2) is 0 Å². The Hall–Kier alpha value is -0.570. The molecular weight excluding hydrogens is 174 g/mol. The van der Waals surface area contributed by atoms with Gasteiger partial charge in [-0.2, -0.15) is 0 Å². The molecule has 1 aliphatic heterocycles. The fourth-order valence-corrected chi connectivity index (χ4v) is 1.72. The number of hydrogen-bond donors (Lipinski definition) is 1. The van der Waals surface area contributed by atoms with Crippen LogP contribution in [0.5, 0.6) is 0 Å². The van der Waals surface area contributed by atoms with Gasteiger partial charge in [0.1, 0.15) is 0 Å². The van der Waals surface area contributed by atoms with Crippen LogP contribution in [0.4, 0.5) is 0 Å². The number of nitrogens with zero attached hydrogens (tertiary/aromatic N) is 2. The summed E-state index contributed by atoms with van der Waals surface area (Å²) in [5, 5.41) is 7.47. The molecule has 0 aromatic rings. The lowest BCUT2D eigenvalue weighted by molar-refractivity contribution is 0.190. The quantitative estimate of drug-likeness (QED) is 0.517. The van der Waals surface area contributed by atoms with Crippen molar-refractivity contribution < 1.29 is 0 Å². The van der Waals surface area contributed by atoms with Gasteiger partial charge >= 0.3 is 0 Å². The maximum atomic E-state index is 7.47. The summed E-state index contributed by atoms with van der Waals surface area (Å²) in [6.07, 6.45) is 2.40. The summed E-state index contributed by atoms with van der Waals surface area (Å²) in [7, 11) is 4.27. The van der Waals surface area contributed by atoms with Gasteiger partial charge in [0, 0.05) is 19.1 Å². The molecule has 3 nitrogen and oxygen atoms in total. The van der Waals surface area contributed by atoms with Crippen LogP contribution in [0.1, 0.15) is 33.6 Å². The summed E-state index contributed by atoms with van der Waals surface area (Å²) >= 11 is 0. The molecule has 0 aliphatic carbocycles. The second-order valence-electron chi connectivity index (χ2n) is 3.77. The maximum Gasteiger partial charge on any atom is 0.0925 e. The van der Waals surface area contributed by atoms with Crippen LogP contribution in [0, 0.1) is 5.41 Å². The summed E-state index contributed by atoms with van der Waals surface area (Å²) in [4.78, 5) is 4.44. The summed E-state index contributed by atoms with van der Waals surface area (Å²) in [6, 6.07) is 0.723. The molecule has 1 aliphatic rings. The fraction of sp³-hybridized carbons (Fsp3) is 0.909. The molecule has 14 heavy (non-hydrogen) atoms. The summed E-state index contributed by atoms with van der Waals surface area (Å²) in [5.41, 5.74) is 0. The van der Waals surface area contributed by atoms with Gasteiger partial charge in [-0.1, -0.05) is 13.8 Å². The lowest BCUT2D eigenvalue weighted by atomic mass is 10.0. The lowest BCUT2D eigenvalue weighted by Gasteiger charge is -2.35. The summed E-state index contributed by atoms with van der Waals surface area (Å²) in [6.45, 7) is 7.98. The van der Waals surface area contributed by atoms with Gasteiger partial charge in [-0.15, -0.1) is 0 Å². The van der Waals surface area contributed by atoms with Crippen molar-refractivity contribution in [1.29, 1.82) is 5.41 Å². The van der Waals surface area contributed by atoms with Crippen molar-refractivity contribution in [3.63, 3.8) is 0 Å². The molecule has 84 valence electrons. The number of amidine groups is 1. The molecule has 0 radical (unpaired) electrons. The molecule has 0 bridgehead atoms. The van der Waals surface area contributed by atoms with Crippen molar-refractivity contribution in [1.82, 2.24) is 9.80 Å². The molecule has 0 unspecified atom stereocenters. The zero-order chi connectivity index (χ0) is 11.1. The van der Waals surface area contributed by atoms with Gasteiger partial charge in [0.25, 0.3) is 0 Å². The van der Waals surface area contributed by atoms with Crippen LogP contribution in [0.2, 0.25) is 0 Å². The predicted molar refractivity (Wildman–Crippen MR) is 63.0 cm³/mol. The smallest absolute Gasteiger partial charge is 0.0925 e. The highest BCUT2D eigenvalue weighted by molar-refractivity contribution is 5.76. The van der Waals surface area contributed by atoms with Gasteiger partial charge < -0.3 is 9.80 Å². The van der Waals surface area contributed by atoms with E-state index in [1.807, 2.05) is 20.8 Å². The SMILES string of the molecule is CC.CC(=N)N1CCC(N(C)C)CC1. The topological polar surface area (TPSA) is 30.3 Å². The van der Waals surface area contributed by atoms with E-state index < -0.39 is 0 Å². The van der Waals surface area contributed by atoms with Crippen LogP contribution in [-0.2, 0) is 0 Å². The third-order valence-corrected chi connectivity index (χ3v) is 2.67. The van der Waals surface area contributed by atoms with E-state index in [0.29, 0.717) is 5.84 Å². The summed E-state index contributed by atoms with van der Waals surface area (Å²) < 4.78 is 0. The van der Waals surface area contributed by atoms with Gasteiger partial charge in [0.2, 0.25) is 0 Å². The first-order valence-corrected chi connectivity index (χ1v) is 5.58. The lowest BCUT2D eigenvalue weighted by Crippen LogP contribution is -2.43.